The van der Waals surface area contributed by atoms with Crippen LogP contribution in [0.15, 0.2) is 23.0 Å². The number of amides is 2. The number of hydrogen-bond acceptors (Lipinski definition) is 7. The average molecular weight is 507 g/mol. The van der Waals surface area contributed by atoms with E-state index in [4.69, 9.17) is 0 Å². The van der Waals surface area contributed by atoms with Crippen LogP contribution in [0.3, 0.4) is 0 Å². The van der Waals surface area contributed by atoms with E-state index >= 15 is 0 Å². The highest BCUT2D eigenvalue weighted by molar-refractivity contribution is 5.99. The number of fused-ring (bicyclic) bond motifs is 1. The number of rotatable bonds is 9. The molecule has 5 aliphatic rings. The van der Waals surface area contributed by atoms with Crippen LogP contribution in [0.4, 0.5) is 5.69 Å². The minimum atomic E-state index is -0.724. The molecule has 1 atom stereocenters. The second-order valence-electron chi connectivity index (χ2n) is 11.8. The van der Waals surface area contributed by atoms with E-state index in [0.717, 1.165) is 37.4 Å². The summed E-state index contributed by atoms with van der Waals surface area (Å²) >= 11 is 0. The predicted octanol–water partition coefficient (Wildman–Crippen LogP) is 2.24. The molecule has 198 valence electrons. The van der Waals surface area contributed by atoms with Gasteiger partial charge in [0.1, 0.15) is 11.9 Å². The lowest BCUT2D eigenvalue weighted by Gasteiger charge is -2.57. The van der Waals surface area contributed by atoms with E-state index in [1.165, 1.54) is 43.1 Å². The lowest BCUT2D eigenvalue weighted by atomic mass is 9.53. The third kappa shape index (κ3) is 4.79. The molecule has 4 aliphatic carbocycles. The van der Waals surface area contributed by atoms with Gasteiger partial charge in [-0.1, -0.05) is 6.07 Å². The fourth-order valence-electron chi connectivity index (χ4n) is 7.95. The van der Waals surface area contributed by atoms with E-state index < -0.39 is 11.9 Å². The zero-order valence-corrected chi connectivity index (χ0v) is 21.6. The number of hydrogen-bond donors (Lipinski definition) is 4. The standard InChI is InChI=1S/C28H38N6O3/c1-17-32-22-4-2-3-21(25(22)27(37)34(17)23-5-6-24(35)33-26(23)36)30-9-7-29-8-10-31-28-14-18-11-19(15-28)13-20(12-18)16-28/h2-4,18-20,23,29-31H,5-16H2,1H3,(H,33,35,36). The van der Waals surface area contributed by atoms with Crippen molar-refractivity contribution in [3.8, 4) is 0 Å². The molecular weight excluding hydrogens is 468 g/mol. The summed E-state index contributed by atoms with van der Waals surface area (Å²) in [4.78, 5) is 42.2. The van der Waals surface area contributed by atoms with Crippen LogP contribution in [-0.2, 0) is 9.59 Å². The maximum absolute atomic E-state index is 13.5. The number of aromatic nitrogens is 2. The van der Waals surface area contributed by atoms with E-state index in [1.54, 1.807) is 6.92 Å². The summed E-state index contributed by atoms with van der Waals surface area (Å²) in [6, 6.07) is 4.86. The van der Waals surface area contributed by atoms with Crippen LogP contribution in [0.2, 0.25) is 0 Å². The van der Waals surface area contributed by atoms with E-state index in [0.29, 0.717) is 40.9 Å². The van der Waals surface area contributed by atoms with Crippen molar-refractivity contribution in [3.05, 3.63) is 34.4 Å². The zero-order chi connectivity index (χ0) is 25.6. The number of piperidine rings is 1. The van der Waals surface area contributed by atoms with Gasteiger partial charge in [0.05, 0.1) is 10.9 Å². The highest BCUT2D eigenvalue weighted by Gasteiger charge is 2.50. The number of nitrogens with one attached hydrogen (secondary N) is 4. The summed E-state index contributed by atoms with van der Waals surface area (Å²) < 4.78 is 1.43. The maximum Gasteiger partial charge on any atom is 0.264 e. The molecule has 37 heavy (non-hydrogen) atoms. The lowest BCUT2D eigenvalue weighted by Crippen LogP contribution is -2.59. The number of carbonyl (C=O) groups is 2. The Morgan fingerprint density at radius 2 is 1.70 bits per heavy atom. The molecule has 4 bridgehead atoms. The number of carbonyl (C=O) groups excluding carboxylic acids is 2. The van der Waals surface area contributed by atoms with Gasteiger partial charge in [0.2, 0.25) is 11.8 Å². The van der Waals surface area contributed by atoms with Crippen molar-refractivity contribution in [2.45, 2.75) is 69.9 Å². The molecule has 4 N–H and O–H groups in total. The molecule has 9 heteroatoms. The highest BCUT2D eigenvalue weighted by Crippen LogP contribution is 2.55. The first kappa shape index (κ1) is 24.6. The minimum Gasteiger partial charge on any atom is -0.383 e. The van der Waals surface area contributed by atoms with Gasteiger partial charge in [-0.2, -0.15) is 0 Å². The highest BCUT2D eigenvalue weighted by atomic mass is 16.2. The monoisotopic (exact) mass is 506 g/mol. The van der Waals surface area contributed by atoms with Gasteiger partial charge in [-0.25, -0.2) is 4.98 Å². The molecular formula is C28H38N6O3. The SMILES string of the molecule is Cc1nc2cccc(NCCNCCNC34CC5CC(CC(C5)C3)C4)c2c(=O)n1C1CCC(=O)NC1=O. The molecule has 7 rings (SSSR count). The first-order valence-electron chi connectivity index (χ1n) is 14.0. The van der Waals surface area contributed by atoms with Crippen LogP contribution in [0.1, 0.15) is 63.2 Å². The van der Waals surface area contributed by atoms with Crippen LogP contribution in [0.25, 0.3) is 10.9 Å². The summed E-state index contributed by atoms with van der Waals surface area (Å²) in [6.07, 6.45) is 9.01. The quantitative estimate of drug-likeness (QED) is 0.304. The molecule has 2 heterocycles. The van der Waals surface area contributed by atoms with E-state index in [2.05, 4.69) is 26.3 Å². The summed E-state index contributed by atoms with van der Waals surface area (Å²) in [6.45, 7) is 5.08. The van der Waals surface area contributed by atoms with E-state index in [-0.39, 0.29) is 17.9 Å². The molecule has 0 radical (unpaired) electrons. The van der Waals surface area contributed by atoms with Crippen molar-refractivity contribution in [1.82, 2.24) is 25.5 Å². The van der Waals surface area contributed by atoms with Crippen molar-refractivity contribution in [1.29, 1.82) is 0 Å². The number of nitrogens with zero attached hydrogens (tertiary/aromatic N) is 2. The fourth-order valence-corrected chi connectivity index (χ4v) is 7.95. The van der Waals surface area contributed by atoms with Gasteiger partial charge in [0.15, 0.2) is 0 Å². The maximum atomic E-state index is 13.5. The van der Waals surface area contributed by atoms with Gasteiger partial charge >= 0.3 is 0 Å². The minimum absolute atomic E-state index is 0.212. The molecule has 2 amide bonds. The Kier molecular flexibility index (Phi) is 6.52. The first-order valence-corrected chi connectivity index (χ1v) is 14.0. The van der Waals surface area contributed by atoms with Gasteiger partial charge in [-0.05, 0) is 81.8 Å². The van der Waals surface area contributed by atoms with Crippen LogP contribution in [-0.4, -0.2) is 53.1 Å². The molecule has 1 aromatic heterocycles. The molecule has 1 unspecified atom stereocenters. The van der Waals surface area contributed by atoms with Gasteiger partial charge in [0, 0.05) is 43.8 Å². The molecule has 9 nitrogen and oxygen atoms in total. The normalized spacial score (nSPS) is 30.6. The first-order chi connectivity index (χ1) is 17.9. The molecule has 1 aromatic carbocycles. The Bertz CT molecular complexity index is 1240. The van der Waals surface area contributed by atoms with Gasteiger partial charge in [-0.15, -0.1) is 0 Å². The Labute approximate surface area is 217 Å². The summed E-state index contributed by atoms with van der Waals surface area (Å²) in [5.41, 5.74) is 1.45. The Morgan fingerprint density at radius 1 is 1.00 bits per heavy atom. The molecule has 2 aromatic rings. The van der Waals surface area contributed by atoms with Gasteiger partial charge in [0.25, 0.3) is 5.56 Å². The molecule has 1 saturated heterocycles. The summed E-state index contributed by atoms with van der Waals surface area (Å²) in [5, 5.41) is 13.7. The van der Waals surface area contributed by atoms with E-state index in [9.17, 15) is 14.4 Å². The van der Waals surface area contributed by atoms with Gasteiger partial charge in [-0.3, -0.25) is 24.3 Å². The molecule has 0 spiro atoms. The fraction of sp³-hybridized carbons (Fsp3) is 0.643. The van der Waals surface area contributed by atoms with Gasteiger partial charge < -0.3 is 16.0 Å². The summed E-state index contributed by atoms with van der Waals surface area (Å²) in [5.74, 6) is 2.58. The second kappa shape index (κ2) is 9.83. The molecule has 5 fully saturated rings. The summed E-state index contributed by atoms with van der Waals surface area (Å²) in [7, 11) is 0. The number of imide groups is 1. The van der Waals surface area contributed by atoms with Crippen LogP contribution < -0.4 is 26.8 Å². The molecule has 4 saturated carbocycles. The molecule has 1 aliphatic heterocycles. The lowest BCUT2D eigenvalue weighted by molar-refractivity contribution is -0.135. The topological polar surface area (TPSA) is 117 Å². The second-order valence-corrected chi connectivity index (χ2v) is 11.8. The largest absolute Gasteiger partial charge is 0.383 e. The van der Waals surface area contributed by atoms with Crippen molar-refractivity contribution in [2.24, 2.45) is 17.8 Å². The third-order valence-electron chi connectivity index (χ3n) is 9.09. The van der Waals surface area contributed by atoms with Crippen LogP contribution in [0.5, 0.6) is 0 Å². The van der Waals surface area contributed by atoms with Crippen LogP contribution in [0, 0.1) is 24.7 Å². The zero-order valence-electron chi connectivity index (χ0n) is 21.6. The third-order valence-corrected chi connectivity index (χ3v) is 9.09. The average Bonchev–Trinajstić information content (AvgIpc) is 2.83. The van der Waals surface area contributed by atoms with Crippen molar-refractivity contribution < 1.29 is 9.59 Å². The van der Waals surface area contributed by atoms with Crippen molar-refractivity contribution in [2.75, 3.05) is 31.5 Å². The smallest absolute Gasteiger partial charge is 0.264 e. The number of anilines is 1. The van der Waals surface area contributed by atoms with Crippen molar-refractivity contribution in [3.63, 3.8) is 0 Å². The Hall–Kier alpha value is -2.78. The van der Waals surface area contributed by atoms with Crippen molar-refractivity contribution >= 4 is 28.4 Å². The number of benzene rings is 1. The van der Waals surface area contributed by atoms with E-state index in [1.807, 2.05) is 18.2 Å². The van der Waals surface area contributed by atoms with Crippen LogP contribution >= 0.6 is 0 Å². The predicted molar refractivity (Wildman–Crippen MR) is 142 cm³/mol. The Balaban J connectivity index is 1.05. The number of aryl methyl sites for hydroxylation is 1. The Morgan fingerprint density at radius 3 is 2.41 bits per heavy atom.